The van der Waals surface area contributed by atoms with Crippen molar-refractivity contribution in [1.82, 2.24) is 4.90 Å². The summed E-state index contributed by atoms with van der Waals surface area (Å²) < 4.78 is 0. The number of nitrogens with zero attached hydrogens (tertiary/aromatic N) is 1. The van der Waals surface area contributed by atoms with Crippen LogP contribution in [0.5, 0.6) is 0 Å². The summed E-state index contributed by atoms with van der Waals surface area (Å²) in [4.78, 5) is 14.6. The number of carbonyl (C=O) groups excluding carboxylic acids is 1. The van der Waals surface area contributed by atoms with Gasteiger partial charge in [0.1, 0.15) is 0 Å². The third kappa shape index (κ3) is 3.86. The van der Waals surface area contributed by atoms with E-state index in [0.29, 0.717) is 18.4 Å². The largest absolute Gasteiger partial charge is 0.395 e. The number of hydrogen-bond donors (Lipinski definition) is 1. The van der Waals surface area contributed by atoms with Crippen LogP contribution in [0.15, 0.2) is 24.3 Å². The molecule has 1 heterocycles. The highest BCUT2D eigenvalue weighted by atomic mass is 16.2. The van der Waals surface area contributed by atoms with Crippen molar-refractivity contribution in [3.05, 3.63) is 35.4 Å². The summed E-state index contributed by atoms with van der Waals surface area (Å²) in [6.07, 6.45) is 2.68. The van der Waals surface area contributed by atoms with Crippen LogP contribution in [0.2, 0.25) is 0 Å². The topological polar surface area (TPSA) is 40.5 Å². The lowest BCUT2D eigenvalue weighted by Crippen LogP contribution is -2.38. The molecule has 1 aromatic carbocycles. The predicted molar refractivity (Wildman–Crippen MR) is 83.9 cm³/mol. The standard InChI is InChI=1S/C18H23NO2/c1-14(2)17-7-5-12-19(17)18(21)16-10-8-15(9-11-16)6-3-4-13-20/h8-11,14,17,20H,4-5,7,12-13H2,1-2H3. The molecule has 2 rings (SSSR count). The molecular weight excluding hydrogens is 262 g/mol. The molecule has 21 heavy (non-hydrogen) atoms. The first-order valence-electron chi connectivity index (χ1n) is 7.64. The molecule has 0 aromatic heterocycles. The molecule has 1 aliphatic rings. The lowest BCUT2D eigenvalue weighted by Gasteiger charge is -2.27. The monoisotopic (exact) mass is 285 g/mol. The van der Waals surface area contributed by atoms with E-state index in [0.717, 1.165) is 30.5 Å². The van der Waals surface area contributed by atoms with Crippen molar-refractivity contribution < 1.29 is 9.90 Å². The Bertz CT molecular complexity index is 537. The van der Waals surface area contributed by atoms with Crippen molar-refractivity contribution in [3.63, 3.8) is 0 Å². The first kappa shape index (κ1) is 15.6. The van der Waals surface area contributed by atoms with E-state index in [1.165, 1.54) is 0 Å². The maximum absolute atomic E-state index is 12.6. The van der Waals surface area contributed by atoms with Gasteiger partial charge in [-0.2, -0.15) is 0 Å². The van der Waals surface area contributed by atoms with Gasteiger partial charge in [0, 0.05) is 30.1 Å². The Labute approximate surface area is 127 Å². The zero-order valence-electron chi connectivity index (χ0n) is 12.8. The maximum Gasteiger partial charge on any atom is 0.254 e. The van der Waals surface area contributed by atoms with Crippen molar-refractivity contribution >= 4 is 5.91 Å². The number of aliphatic hydroxyl groups is 1. The number of hydrogen-bond acceptors (Lipinski definition) is 2. The molecule has 1 amide bonds. The third-order valence-electron chi connectivity index (χ3n) is 3.93. The van der Waals surface area contributed by atoms with E-state index in [1.807, 2.05) is 29.2 Å². The van der Waals surface area contributed by atoms with Crippen molar-refractivity contribution in [1.29, 1.82) is 0 Å². The molecule has 1 aliphatic heterocycles. The van der Waals surface area contributed by atoms with Gasteiger partial charge in [-0.15, -0.1) is 0 Å². The molecule has 1 fully saturated rings. The summed E-state index contributed by atoms with van der Waals surface area (Å²) in [6, 6.07) is 7.81. The number of carbonyl (C=O) groups is 1. The van der Waals surface area contributed by atoms with Crippen LogP contribution in [0.1, 0.15) is 49.0 Å². The lowest BCUT2D eigenvalue weighted by atomic mass is 10.0. The zero-order valence-corrected chi connectivity index (χ0v) is 12.8. The second kappa shape index (κ2) is 7.28. The summed E-state index contributed by atoms with van der Waals surface area (Å²) in [5.41, 5.74) is 1.61. The van der Waals surface area contributed by atoms with Gasteiger partial charge < -0.3 is 10.0 Å². The number of rotatable bonds is 3. The molecule has 0 saturated carbocycles. The Kier molecular flexibility index (Phi) is 5.41. The van der Waals surface area contributed by atoms with E-state index in [4.69, 9.17) is 5.11 Å². The average Bonchev–Trinajstić information content (AvgIpc) is 2.97. The van der Waals surface area contributed by atoms with Gasteiger partial charge in [-0.05, 0) is 43.0 Å². The van der Waals surface area contributed by atoms with Crippen LogP contribution in [0, 0.1) is 17.8 Å². The molecule has 112 valence electrons. The minimum absolute atomic E-state index is 0.0785. The van der Waals surface area contributed by atoms with E-state index in [-0.39, 0.29) is 12.5 Å². The van der Waals surface area contributed by atoms with Crippen LogP contribution in [-0.2, 0) is 0 Å². The van der Waals surface area contributed by atoms with Gasteiger partial charge in [-0.3, -0.25) is 4.79 Å². The summed E-state index contributed by atoms with van der Waals surface area (Å²) in [6.45, 7) is 5.29. The van der Waals surface area contributed by atoms with Crippen LogP contribution in [-0.4, -0.2) is 35.1 Å². The van der Waals surface area contributed by atoms with Gasteiger partial charge in [0.2, 0.25) is 0 Å². The molecule has 0 aliphatic carbocycles. The average molecular weight is 285 g/mol. The first-order chi connectivity index (χ1) is 10.1. The molecule has 1 N–H and O–H groups in total. The highest BCUT2D eigenvalue weighted by molar-refractivity contribution is 5.94. The highest BCUT2D eigenvalue weighted by Gasteiger charge is 2.31. The summed E-state index contributed by atoms with van der Waals surface area (Å²) in [5.74, 6) is 6.48. The number of likely N-dealkylation sites (tertiary alicyclic amines) is 1. The Morgan fingerprint density at radius 2 is 2.10 bits per heavy atom. The lowest BCUT2D eigenvalue weighted by molar-refractivity contribution is 0.0701. The van der Waals surface area contributed by atoms with E-state index in [2.05, 4.69) is 25.7 Å². The van der Waals surface area contributed by atoms with Crippen molar-refractivity contribution in [2.75, 3.05) is 13.2 Å². The van der Waals surface area contributed by atoms with Crippen LogP contribution in [0.25, 0.3) is 0 Å². The summed E-state index contributed by atoms with van der Waals surface area (Å²) >= 11 is 0. The summed E-state index contributed by atoms with van der Waals surface area (Å²) in [5, 5.41) is 8.70. The third-order valence-corrected chi connectivity index (χ3v) is 3.93. The van der Waals surface area contributed by atoms with Gasteiger partial charge in [0.05, 0.1) is 6.61 Å². The van der Waals surface area contributed by atoms with E-state index in [1.54, 1.807) is 0 Å². The minimum atomic E-state index is 0.0785. The van der Waals surface area contributed by atoms with Crippen LogP contribution in [0.3, 0.4) is 0 Å². The number of amides is 1. The fourth-order valence-electron chi connectivity index (χ4n) is 2.82. The van der Waals surface area contributed by atoms with Crippen molar-refractivity contribution in [3.8, 4) is 11.8 Å². The molecule has 3 heteroatoms. The van der Waals surface area contributed by atoms with E-state index < -0.39 is 0 Å². The fourth-order valence-corrected chi connectivity index (χ4v) is 2.82. The highest BCUT2D eigenvalue weighted by Crippen LogP contribution is 2.25. The molecule has 0 spiro atoms. The van der Waals surface area contributed by atoms with Gasteiger partial charge in [-0.1, -0.05) is 25.7 Å². The fraction of sp³-hybridized carbons (Fsp3) is 0.500. The summed E-state index contributed by atoms with van der Waals surface area (Å²) in [7, 11) is 0. The van der Waals surface area contributed by atoms with Gasteiger partial charge in [-0.25, -0.2) is 0 Å². The van der Waals surface area contributed by atoms with Gasteiger partial charge >= 0.3 is 0 Å². The van der Waals surface area contributed by atoms with Crippen LogP contribution >= 0.6 is 0 Å². The molecular formula is C18H23NO2. The Morgan fingerprint density at radius 1 is 1.38 bits per heavy atom. The molecule has 1 saturated heterocycles. The number of aliphatic hydroxyl groups excluding tert-OH is 1. The minimum Gasteiger partial charge on any atom is -0.395 e. The van der Waals surface area contributed by atoms with Crippen molar-refractivity contribution in [2.45, 2.75) is 39.2 Å². The number of benzene rings is 1. The Hall–Kier alpha value is -1.79. The normalized spacial score (nSPS) is 17.7. The second-order valence-electron chi connectivity index (χ2n) is 5.80. The molecule has 0 radical (unpaired) electrons. The van der Waals surface area contributed by atoms with E-state index in [9.17, 15) is 4.79 Å². The predicted octanol–water partition coefficient (Wildman–Crippen LogP) is 2.68. The van der Waals surface area contributed by atoms with Crippen LogP contribution < -0.4 is 0 Å². The van der Waals surface area contributed by atoms with Gasteiger partial charge in [0.15, 0.2) is 0 Å². The van der Waals surface area contributed by atoms with Crippen LogP contribution in [0.4, 0.5) is 0 Å². The van der Waals surface area contributed by atoms with E-state index >= 15 is 0 Å². The Balaban J connectivity index is 2.08. The zero-order chi connectivity index (χ0) is 15.2. The SMILES string of the molecule is CC(C)C1CCCN1C(=O)c1ccc(C#CCCO)cc1. The first-order valence-corrected chi connectivity index (χ1v) is 7.64. The molecule has 3 nitrogen and oxygen atoms in total. The smallest absolute Gasteiger partial charge is 0.254 e. The van der Waals surface area contributed by atoms with Gasteiger partial charge in [0.25, 0.3) is 5.91 Å². The maximum atomic E-state index is 12.6. The molecule has 0 bridgehead atoms. The molecule has 1 aromatic rings. The Morgan fingerprint density at radius 3 is 2.71 bits per heavy atom. The quantitative estimate of drug-likeness (QED) is 0.867. The molecule has 1 unspecified atom stereocenters. The second-order valence-corrected chi connectivity index (χ2v) is 5.80. The molecule has 1 atom stereocenters. The van der Waals surface area contributed by atoms with Crippen molar-refractivity contribution in [2.24, 2.45) is 5.92 Å².